The second kappa shape index (κ2) is 6.01. The van der Waals surface area contributed by atoms with Gasteiger partial charge in [-0.1, -0.05) is 18.2 Å². The van der Waals surface area contributed by atoms with Crippen LogP contribution in [0.3, 0.4) is 0 Å². The van der Waals surface area contributed by atoms with E-state index in [0.717, 1.165) is 30.9 Å². The fourth-order valence-electron chi connectivity index (χ4n) is 2.56. The Labute approximate surface area is 109 Å². The second-order valence-corrected chi connectivity index (χ2v) is 4.91. The lowest BCUT2D eigenvalue weighted by Gasteiger charge is -2.25. The summed E-state index contributed by atoms with van der Waals surface area (Å²) in [6.45, 7) is 7.52. The Bertz CT molecular complexity index is 411. The molecule has 0 aliphatic carbocycles. The first-order valence-electron chi connectivity index (χ1n) is 6.80. The Balaban J connectivity index is 2.08. The van der Waals surface area contributed by atoms with Gasteiger partial charge in [0.15, 0.2) is 0 Å². The molecule has 3 nitrogen and oxygen atoms in total. The molecule has 0 spiro atoms. The summed E-state index contributed by atoms with van der Waals surface area (Å²) in [6, 6.07) is 8.09. The maximum atomic E-state index is 12.4. The Morgan fingerprint density at radius 3 is 2.56 bits per heavy atom. The van der Waals surface area contributed by atoms with Crippen LogP contribution in [0.15, 0.2) is 24.3 Å². The van der Waals surface area contributed by atoms with Crippen LogP contribution < -0.4 is 4.90 Å². The molecule has 98 valence electrons. The lowest BCUT2D eigenvalue weighted by atomic mass is 10.2. The van der Waals surface area contributed by atoms with Gasteiger partial charge in [0.05, 0.1) is 6.54 Å². The molecule has 1 aliphatic heterocycles. The SMILES string of the molecule is CCN(C(=O)CN1CCCC1)c1ccccc1C. The standard InChI is InChI=1S/C15H22N2O/c1-3-17(14-9-5-4-8-13(14)2)15(18)12-16-10-6-7-11-16/h4-5,8-9H,3,6-7,10-12H2,1-2H3. The number of anilines is 1. The highest BCUT2D eigenvalue weighted by Crippen LogP contribution is 2.20. The number of likely N-dealkylation sites (N-methyl/N-ethyl adjacent to an activating group) is 1. The van der Waals surface area contributed by atoms with Crippen molar-refractivity contribution in [2.24, 2.45) is 0 Å². The van der Waals surface area contributed by atoms with E-state index in [1.165, 1.54) is 12.8 Å². The van der Waals surface area contributed by atoms with Crippen molar-refractivity contribution < 1.29 is 4.79 Å². The summed E-state index contributed by atoms with van der Waals surface area (Å²) in [6.07, 6.45) is 2.45. The average molecular weight is 246 g/mol. The molecule has 1 aliphatic rings. The van der Waals surface area contributed by atoms with Gasteiger partial charge in [0.1, 0.15) is 0 Å². The number of amides is 1. The van der Waals surface area contributed by atoms with E-state index in [1.54, 1.807) is 0 Å². The molecule has 0 radical (unpaired) electrons. The summed E-state index contributed by atoms with van der Waals surface area (Å²) < 4.78 is 0. The van der Waals surface area contributed by atoms with Crippen LogP contribution in [0, 0.1) is 6.92 Å². The van der Waals surface area contributed by atoms with Gasteiger partial charge in [-0.15, -0.1) is 0 Å². The van der Waals surface area contributed by atoms with Crippen molar-refractivity contribution in [3.8, 4) is 0 Å². The van der Waals surface area contributed by atoms with E-state index in [9.17, 15) is 4.79 Å². The van der Waals surface area contributed by atoms with Crippen LogP contribution >= 0.6 is 0 Å². The molecular weight excluding hydrogens is 224 g/mol. The molecule has 1 aromatic rings. The fraction of sp³-hybridized carbons (Fsp3) is 0.533. The third kappa shape index (κ3) is 2.91. The molecule has 2 rings (SSSR count). The summed E-state index contributed by atoms with van der Waals surface area (Å²) in [5, 5.41) is 0. The number of carbonyl (C=O) groups is 1. The van der Waals surface area contributed by atoms with Crippen molar-refractivity contribution in [1.82, 2.24) is 4.90 Å². The van der Waals surface area contributed by atoms with E-state index in [4.69, 9.17) is 0 Å². The molecule has 0 atom stereocenters. The first-order valence-corrected chi connectivity index (χ1v) is 6.80. The van der Waals surface area contributed by atoms with Gasteiger partial charge < -0.3 is 4.90 Å². The molecular formula is C15H22N2O. The largest absolute Gasteiger partial charge is 0.311 e. The second-order valence-electron chi connectivity index (χ2n) is 4.91. The maximum absolute atomic E-state index is 12.4. The number of hydrogen-bond acceptors (Lipinski definition) is 2. The van der Waals surface area contributed by atoms with Gasteiger partial charge >= 0.3 is 0 Å². The van der Waals surface area contributed by atoms with E-state index in [2.05, 4.69) is 17.9 Å². The summed E-state index contributed by atoms with van der Waals surface area (Å²) in [5.74, 6) is 0.216. The number of benzene rings is 1. The van der Waals surface area contributed by atoms with Gasteiger partial charge in [-0.3, -0.25) is 9.69 Å². The first kappa shape index (κ1) is 13.1. The summed E-state index contributed by atoms with van der Waals surface area (Å²) >= 11 is 0. The molecule has 1 fully saturated rings. The molecule has 0 saturated carbocycles. The van der Waals surface area contributed by atoms with Crippen LogP contribution in [-0.4, -0.2) is 37.0 Å². The predicted molar refractivity (Wildman–Crippen MR) is 74.9 cm³/mol. The highest BCUT2D eigenvalue weighted by Gasteiger charge is 2.20. The van der Waals surface area contributed by atoms with Crippen LogP contribution in [0.5, 0.6) is 0 Å². The zero-order chi connectivity index (χ0) is 13.0. The van der Waals surface area contributed by atoms with Crippen molar-refractivity contribution in [2.75, 3.05) is 31.1 Å². The van der Waals surface area contributed by atoms with E-state index >= 15 is 0 Å². The minimum absolute atomic E-state index is 0.216. The Morgan fingerprint density at radius 2 is 1.94 bits per heavy atom. The number of aryl methyl sites for hydroxylation is 1. The van der Waals surface area contributed by atoms with Crippen LogP contribution in [-0.2, 0) is 4.79 Å². The number of rotatable bonds is 4. The van der Waals surface area contributed by atoms with Gasteiger partial charge in [0.25, 0.3) is 0 Å². The smallest absolute Gasteiger partial charge is 0.241 e. The van der Waals surface area contributed by atoms with E-state index in [-0.39, 0.29) is 5.91 Å². The molecule has 3 heteroatoms. The number of para-hydroxylation sites is 1. The van der Waals surface area contributed by atoms with Crippen LogP contribution in [0.1, 0.15) is 25.3 Å². The van der Waals surface area contributed by atoms with Crippen molar-refractivity contribution in [2.45, 2.75) is 26.7 Å². The van der Waals surface area contributed by atoms with Gasteiger partial charge in [-0.2, -0.15) is 0 Å². The van der Waals surface area contributed by atoms with Crippen LogP contribution in [0.4, 0.5) is 5.69 Å². The van der Waals surface area contributed by atoms with Gasteiger partial charge in [-0.25, -0.2) is 0 Å². The summed E-state index contributed by atoms with van der Waals surface area (Å²) in [7, 11) is 0. The minimum atomic E-state index is 0.216. The molecule has 0 aromatic heterocycles. The lowest BCUT2D eigenvalue weighted by Crippen LogP contribution is -2.39. The number of nitrogens with zero attached hydrogens (tertiary/aromatic N) is 2. The normalized spacial score (nSPS) is 15.9. The van der Waals surface area contributed by atoms with Gasteiger partial charge in [0, 0.05) is 12.2 Å². The maximum Gasteiger partial charge on any atom is 0.241 e. The van der Waals surface area contributed by atoms with Crippen molar-refractivity contribution in [1.29, 1.82) is 0 Å². The Kier molecular flexibility index (Phi) is 4.37. The minimum Gasteiger partial charge on any atom is -0.311 e. The van der Waals surface area contributed by atoms with Gasteiger partial charge in [-0.05, 0) is 51.4 Å². The van der Waals surface area contributed by atoms with Gasteiger partial charge in [0.2, 0.25) is 5.91 Å². The summed E-state index contributed by atoms with van der Waals surface area (Å²) in [5.41, 5.74) is 2.21. The molecule has 0 N–H and O–H groups in total. The van der Waals surface area contributed by atoms with Crippen LogP contribution in [0.2, 0.25) is 0 Å². The number of carbonyl (C=O) groups excluding carboxylic acids is 1. The molecule has 0 unspecified atom stereocenters. The third-order valence-corrected chi connectivity index (χ3v) is 3.58. The molecule has 1 aromatic carbocycles. The topological polar surface area (TPSA) is 23.6 Å². The zero-order valence-corrected chi connectivity index (χ0v) is 11.4. The van der Waals surface area contributed by atoms with E-state index in [1.807, 2.05) is 30.0 Å². The average Bonchev–Trinajstić information content (AvgIpc) is 2.85. The lowest BCUT2D eigenvalue weighted by molar-refractivity contribution is -0.119. The summed E-state index contributed by atoms with van der Waals surface area (Å²) in [4.78, 5) is 16.5. The quantitative estimate of drug-likeness (QED) is 0.814. The number of likely N-dealkylation sites (tertiary alicyclic amines) is 1. The predicted octanol–water partition coefficient (Wildman–Crippen LogP) is 2.44. The molecule has 18 heavy (non-hydrogen) atoms. The Hall–Kier alpha value is -1.35. The molecule has 1 amide bonds. The van der Waals surface area contributed by atoms with E-state index < -0.39 is 0 Å². The first-order chi connectivity index (χ1) is 8.72. The monoisotopic (exact) mass is 246 g/mol. The third-order valence-electron chi connectivity index (χ3n) is 3.58. The molecule has 0 bridgehead atoms. The van der Waals surface area contributed by atoms with Crippen LogP contribution in [0.25, 0.3) is 0 Å². The van der Waals surface area contributed by atoms with Crippen molar-refractivity contribution in [3.05, 3.63) is 29.8 Å². The van der Waals surface area contributed by atoms with E-state index in [0.29, 0.717) is 6.54 Å². The number of hydrogen-bond donors (Lipinski definition) is 0. The zero-order valence-electron chi connectivity index (χ0n) is 11.4. The molecule has 1 heterocycles. The molecule has 1 saturated heterocycles. The highest BCUT2D eigenvalue weighted by molar-refractivity contribution is 5.95. The highest BCUT2D eigenvalue weighted by atomic mass is 16.2. The Morgan fingerprint density at radius 1 is 1.28 bits per heavy atom. The van der Waals surface area contributed by atoms with Crippen molar-refractivity contribution in [3.63, 3.8) is 0 Å². The van der Waals surface area contributed by atoms with Crippen molar-refractivity contribution >= 4 is 11.6 Å². The fourth-order valence-corrected chi connectivity index (χ4v) is 2.56.